The number of rotatable bonds is 10. The average molecular weight is 400 g/mol. The second-order valence-electron chi connectivity index (χ2n) is 11.1. The standard InChI is InChI=1S/C23H45NO4/c1-12-13-23(11,14-20(4,5)6)15-24-18(26)22(9,10)17(3)28-19(27)21(7,8)16(2)25/h16-17,25H,12-15H2,1-11H3,(H,24,26). The van der Waals surface area contributed by atoms with Crippen LogP contribution in [0.25, 0.3) is 0 Å². The third-order valence-corrected chi connectivity index (χ3v) is 5.94. The Hall–Kier alpha value is -1.10. The number of carbonyl (C=O) groups excluding carboxylic acids is 2. The predicted molar refractivity (Wildman–Crippen MR) is 115 cm³/mol. The van der Waals surface area contributed by atoms with E-state index < -0.39 is 29.0 Å². The second-order valence-corrected chi connectivity index (χ2v) is 11.1. The number of amides is 1. The van der Waals surface area contributed by atoms with E-state index in [9.17, 15) is 14.7 Å². The lowest BCUT2D eigenvalue weighted by atomic mass is 9.72. The molecule has 3 unspecified atom stereocenters. The highest BCUT2D eigenvalue weighted by Crippen LogP contribution is 2.37. The van der Waals surface area contributed by atoms with Gasteiger partial charge in [-0.3, -0.25) is 9.59 Å². The molecule has 0 fully saturated rings. The SMILES string of the molecule is CCCC(C)(CNC(=O)C(C)(C)C(C)OC(=O)C(C)(C)C(C)O)CC(C)(C)C. The molecular formula is C23H45NO4. The molecule has 1 amide bonds. The van der Waals surface area contributed by atoms with Crippen LogP contribution in [-0.2, 0) is 14.3 Å². The predicted octanol–water partition coefficient (Wildman–Crippen LogP) is 4.71. The van der Waals surface area contributed by atoms with E-state index in [1.165, 1.54) is 0 Å². The molecule has 166 valence electrons. The molecule has 0 saturated heterocycles. The summed E-state index contributed by atoms with van der Waals surface area (Å²) >= 11 is 0. The third-order valence-electron chi connectivity index (χ3n) is 5.94. The fourth-order valence-corrected chi connectivity index (χ4v) is 3.46. The van der Waals surface area contributed by atoms with Crippen molar-refractivity contribution in [3.8, 4) is 0 Å². The molecule has 0 aromatic carbocycles. The summed E-state index contributed by atoms with van der Waals surface area (Å²) in [5.41, 5.74) is -1.70. The largest absolute Gasteiger partial charge is 0.461 e. The molecule has 28 heavy (non-hydrogen) atoms. The van der Waals surface area contributed by atoms with E-state index in [2.05, 4.69) is 39.9 Å². The number of aliphatic hydroxyl groups is 1. The Labute approximate surface area is 173 Å². The van der Waals surface area contributed by atoms with Crippen LogP contribution in [0.5, 0.6) is 0 Å². The lowest BCUT2D eigenvalue weighted by molar-refractivity contribution is -0.172. The van der Waals surface area contributed by atoms with Crippen LogP contribution in [0.4, 0.5) is 0 Å². The van der Waals surface area contributed by atoms with Gasteiger partial charge in [0.15, 0.2) is 0 Å². The van der Waals surface area contributed by atoms with Gasteiger partial charge in [-0.05, 0) is 65.2 Å². The highest BCUT2D eigenvalue weighted by Gasteiger charge is 2.42. The van der Waals surface area contributed by atoms with Crippen molar-refractivity contribution in [2.75, 3.05) is 6.54 Å². The first-order chi connectivity index (χ1) is 12.4. The van der Waals surface area contributed by atoms with Crippen molar-refractivity contribution < 1.29 is 19.4 Å². The van der Waals surface area contributed by atoms with E-state index in [1.807, 2.05) is 0 Å². The topological polar surface area (TPSA) is 75.6 Å². The van der Waals surface area contributed by atoms with Gasteiger partial charge in [-0.2, -0.15) is 0 Å². The maximum absolute atomic E-state index is 12.9. The summed E-state index contributed by atoms with van der Waals surface area (Å²) in [6, 6.07) is 0. The van der Waals surface area contributed by atoms with Gasteiger partial charge in [0.1, 0.15) is 6.10 Å². The maximum Gasteiger partial charge on any atom is 0.314 e. The Morgan fingerprint density at radius 1 is 0.964 bits per heavy atom. The van der Waals surface area contributed by atoms with Gasteiger partial charge >= 0.3 is 5.97 Å². The van der Waals surface area contributed by atoms with Crippen molar-refractivity contribution in [2.45, 2.75) is 108 Å². The van der Waals surface area contributed by atoms with Gasteiger partial charge in [0, 0.05) is 6.54 Å². The minimum atomic E-state index is -1.02. The van der Waals surface area contributed by atoms with Gasteiger partial charge in [-0.25, -0.2) is 0 Å². The van der Waals surface area contributed by atoms with Crippen LogP contribution in [0.2, 0.25) is 0 Å². The fraction of sp³-hybridized carbons (Fsp3) is 0.913. The van der Waals surface area contributed by atoms with Gasteiger partial charge in [-0.15, -0.1) is 0 Å². The van der Waals surface area contributed by atoms with Crippen LogP contribution in [-0.4, -0.2) is 35.7 Å². The average Bonchev–Trinajstić information content (AvgIpc) is 2.50. The molecule has 0 rings (SSSR count). The Morgan fingerprint density at radius 3 is 1.86 bits per heavy atom. The number of esters is 1. The highest BCUT2D eigenvalue weighted by atomic mass is 16.5. The van der Waals surface area contributed by atoms with Crippen molar-refractivity contribution in [2.24, 2.45) is 21.7 Å². The first kappa shape index (κ1) is 26.9. The number of ether oxygens (including phenoxy) is 1. The minimum Gasteiger partial charge on any atom is -0.461 e. The molecule has 0 aromatic rings. The number of carbonyl (C=O) groups is 2. The zero-order valence-electron chi connectivity index (χ0n) is 20.2. The summed E-state index contributed by atoms with van der Waals surface area (Å²) in [7, 11) is 0. The molecule has 0 aromatic heterocycles. The lowest BCUT2D eigenvalue weighted by Gasteiger charge is -2.38. The van der Waals surface area contributed by atoms with Crippen molar-refractivity contribution in [1.29, 1.82) is 0 Å². The number of nitrogens with one attached hydrogen (secondary N) is 1. The fourth-order valence-electron chi connectivity index (χ4n) is 3.46. The Bertz CT molecular complexity index is 531. The summed E-state index contributed by atoms with van der Waals surface area (Å²) in [5.74, 6) is -0.627. The molecule has 0 spiro atoms. The molecule has 0 bridgehead atoms. The molecule has 3 atom stereocenters. The number of aliphatic hydroxyl groups excluding tert-OH is 1. The van der Waals surface area contributed by atoms with Crippen molar-refractivity contribution in [3.05, 3.63) is 0 Å². The monoisotopic (exact) mass is 399 g/mol. The normalized spacial score (nSPS) is 17.4. The van der Waals surface area contributed by atoms with Crippen LogP contribution in [0.3, 0.4) is 0 Å². The molecule has 0 heterocycles. The van der Waals surface area contributed by atoms with Crippen LogP contribution >= 0.6 is 0 Å². The molecule has 2 N–H and O–H groups in total. The van der Waals surface area contributed by atoms with Crippen LogP contribution < -0.4 is 5.32 Å². The Kier molecular flexibility index (Phi) is 9.22. The van der Waals surface area contributed by atoms with Gasteiger partial charge in [0.05, 0.1) is 16.9 Å². The van der Waals surface area contributed by atoms with Gasteiger partial charge in [0.2, 0.25) is 5.91 Å². The van der Waals surface area contributed by atoms with Crippen molar-refractivity contribution in [3.63, 3.8) is 0 Å². The minimum absolute atomic E-state index is 0.0208. The molecule has 5 nitrogen and oxygen atoms in total. The van der Waals surface area contributed by atoms with Crippen LogP contribution in [0.1, 0.15) is 95.4 Å². The molecule has 5 heteroatoms. The summed E-state index contributed by atoms with van der Waals surface area (Å²) in [6.45, 7) is 21.8. The molecule has 0 saturated carbocycles. The van der Waals surface area contributed by atoms with E-state index in [-0.39, 0.29) is 16.7 Å². The molecular weight excluding hydrogens is 354 g/mol. The van der Waals surface area contributed by atoms with Crippen molar-refractivity contribution >= 4 is 11.9 Å². The zero-order chi connectivity index (χ0) is 22.6. The lowest BCUT2D eigenvalue weighted by Crippen LogP contribution is -2.49. The Balaban J connectivity index is 5.12. The van der Waals surface area contributed by atoms with E-state index in [0.717, 1.165) is 19.3 Å². The van der Waals surface area contributed by atoms with Crippen molar-refractivity contribution in [1.82, 2.24) is 5.32 Å². The Morgan fingerprint density at radius 2 is 1.46 bits per heavy atom. The first-order valence-corrected chi connectivity index (χ1v) is 10.6. The van der Waals surface area contributed by atoms with E-state index in [4.69, 9.17) is 4.74 Å². The number of hydrogen-bond acceptors (Lipinski definition) is 4. The zero-order valence-corrected chi connectivity index (χ0v) is 20.2. The van der Waals surface area contributed by atoms with Crippen LogP contribution in [0.15, 0.2) is 0 Å². The highest BCUT2D eigenvalue weighted by molar-refractivity contribution is 5.83. The summed E-state index contributed by atoms with van der Waals surface area (Å²) < 4.78 is 5.56. The summed E-state index contributed by atoms with van der Waals surface area (Å²) in [5, 5.41) is 12.9. The van der Waals surface area contributed by atoms with E-state index in [1.54, 1.807) is 41.5 Å². The molecule has 0 aliphatic heterocycles. The number of hydrogen-bond donors (Lipinski definition) is 2. The molecule has 0 radical (unpaired) electrons. The molecule has 0 aliphatic carbocycles. The maximum atomic E-state index is 12.9. The summed E-state index contributed by atoms with van der Waals surface area (Å²) in [4.78, 5) is 25.4. The first-order valence-electron chi connectivity index (χ1n) is 10.6. The quantitative estimate of drug-likeness (QED) is 0.522. The third kappa shape index (κ3) is 7.73. The van der Waals surface area contributed by atoms with E-state index >= 15 is 0 Å². The second kappa shape index (κ2) is 9.60. The van der Waals surface area contributed by atoms with Gasteiger partial charge in [0.25, 0.3) is 0 Å². The van der Waals surface area contributed by atoms with Gasteiger partial charge in [-0.1, -0.05) is 41.0 Å². The molecule has 0 aliphatic rings. The van der Waals surface area contributed by atoms with Gasteiger partial charge < -0.3 is 15.2 Å². The smallest absolute Gasteiger partial charge is 0.314 e. The summed E-state index contributed by atoms with van der Waals surface area (Å²) in [6.07, 6.45) is 1.67. The van der Waals surface area contributed by atoms with E-state index in [0.29, 0.717) is 6.54 Å². The van der Waals surface area contributed by atoms with Crippen LogP contribution in [0, 0.1) is 21.7 Å².